The molecule has 0 bridgehead atoms. The Balaban J connectivity index is 2.29. The van der Waals surface area contributed by atoms with Gasteiger partial charge in [0, 0.05) is 11.6 Å². The van der Waals surface area contributed by atoms with Crippen molar-refractivity contribution in [3.63, 3.8) is 0 Å². The molecule has 1 N–H and O–H groups in total. The van der Waals surface area contributed by atoms with Gasteiger partial charge in [-0.15, -0.1) is 0 Å². The Hall–Kier alpha value is -1.15. The highest BCUT2D eigenvalue weighted by Gasteiger charge is 2.29. The van der Waals surface area contributed by atoms with Gasteiger partial charge in [0.15, 0.2) is 0 Å². The number of aromatic amines is 1. The van der Waals surface area contributed by atoms with Crippen LogP contribution in [0.25, 0.3) is 10.9 Å². The van der Waals surface area contributed by atoms with Crippen molar-refractivity contribution >= 4 is 22.5 Å². The topological polar surface area (TPSA) is 25.0 Å². The summed E-state index contributed by atoms with van der Waals surface area (Å²) in [6.07, 6.45) is 2.49. The number of rotatable bonds is 2. The Morgan fingerprint density at radius 3 is 2.87 bits per heavy atom. The van der Waals surface area contributed by atoms with Crippen molar-refractivity contribution in [2.45, 2.75) is 18.8 Å². The summed E-state index contributed by atoms with van der Waals surface area (Å²) in [5, 5.41) is 1.86. The van der Waals surface area contributed by atoms with Gasteiger partial charge in [0.05, 0.1) is 23.0 Å². The number of halogens is 1. The molecule has 0 aliphatic heterocycles. The third-order valence-corrected chi connectivity index (χ3v) is 3.35. The van der Waals surface area contributed by atoms with Crippen molar-refractivity contribution in [3.05, 3.63) is 28.9 Å². The molecule has 1 aromatic carbocycles. The van der Waals surface area contributed by atoms with Crippen molar-refractivity contribution in [2.75, 3.05) is 7.11 Å². The minimum atomic E-state index is 0.634. The van der Waals surface area contributed by atoms with Crippen LogP contribution >= 0.6 is 11.6 Å². The maximum atomic E-state index is 6.36. The molecule has 0 spiro atoms. The molecule has 15 heavy (non-hydrogen) atoms. The molecule has 2 nitrogen and oxygen atoms in total. The van der Waals surface area contributed by atoms with Gasteiger partial charge in [0.25, 0.3) is 0 Å². The first-order chi connectivity index (χ1) is 7.31. The van der Waals surface area contributed by atoms with Crippen LogP contribution in [0.1, 0.15) is 24.5 Å². The zero-order chi connectivity index (χ0) is 10.4. The predicted molar refractivity (Wildman–Crippen MR) is 61.8 cm³/mol. The third-order valence-electron chi connectivity index (χ3n) is 2.96. The predicted octanol–water partition coefficient (Wildman–Crippen LogP) is 3.71. The molecule has 1 aliphatic carbocycles. The number of fused-ring (bicyclic) bond motifs is 1. The summed E-state index contributed by atoms with van der Waals surface area (Å²) in [6, 6.07) is 5.96. The molecule has 1 fully saturated rings. The van der Waals surface area contributed by atoms with Crippen molar-refractivity contribution in [3.8, 4) is 5.75 Å². The standard InChI is InChI=1S/C12H12ClNO/c1-15-9-4-2-3-8-10(9)11(13)12(14-8)7-5-6-7/h2-4,7,14H,5-6H2,1H3. The minimum Gasteiger partial charge on any atom is -0.496 e. The van der Waals surface area contributed by atoms with Crippen LogP contribution in [0, 0.1) is 0 Å². The molecule has 78 valence electrons. The van der Waals surface area contributed by atoms with Gasteiger partial charge in [0.2, 0.25) is 0 Å². The molecular formula is C12H12ClNO. The largest absolute Gasteiger partial charge is 0.496 e. The van der Waals surface area contributed by atoms with Crippen LogP contribution in [-0.4, -0.2) is 12.1 Å². The van der Waals surface area contributed by atoms with Crippen LogP contribution in [0.4, 0.5) is 0 Å². The molecule has 3 heteroatoms. The molecule has 0 atom stereocenters. The number of hydrogen-bond donors (Lipinski definition) is 1. The minimum absolute atomic E-state index is 0.634. The lowest BCUT2D eigenvalue weighted by atomic mass is 10.2. The SMILES string of the molecule is COc1cccc2[nH]c(C3CC3)c(Cl)c12. The summed E-state index contributed by atoms with van der Waals surface area (Å²) in [5.41, 5.74) is 2.25. The highest BCUT2D eigenvalue weighted by Crippen LogP contribution is 2.46. The molecule has 0 radical (unpaired) electrons. The first-order valence-electron chi connectivity index (χ1n) is 5.15. The van der Waals surface area contributed by atoms with E-state index in [0.717, 1.165) is 21.7 Å². The Morgan fingerprint density at radius 2 is 2.20 bits per heavy atom. The number of nitrogens with one attached hydrogen (secondary N) is 1. The molecule has 1 aliphatic rings. The fourth-order valence-corrected chi connectivity index (χ4v) is 2.42. The Labute approximate surface area is 93.2 Å². The van der Waals surface area contributed by atoms with Gasteiger partial charge in [0.1, 0.15) is 5.75 Å². The Kier molecular flexibility index (Phi) is 1.93. The summed E-state index contributed by atoms with van der Waals surface area (Å²) < 4.78 is 5.32. The van der Waals surface area contributed by atoms with E-state index in [0.29, 0.717) is 5.92 Å². The van der Waals surface area contributed by atoms with Crippen LogP contribution in [0.3, 0.4) is 0 Å². The first-order valence-corrected chi connectivity index (χ1v) is 5.53. The molecule has 1 saturated carbocycles. The number of ether oxygens (including phenoxy) is 1. The fourth-order valence-electron chi connectivity index (χ4n) is 2.02. The smallest absolute Gasteiger partial charge is 0.129 e. The number of H-pyrrole nitrogens is 1. The van der Waals surface area contributed by atoms with Gasteiger partial charge >= 0.3 is 0 Å². The molecule has 1 aromatic heterocycles. The normalized spacial score (nSPS) is 15.9. The molecule has 0 unspecified atom stereocenters. The second-order valence-electron chi connectivity index (χ2n) is 4.01. The molecule has 3 rings (SSSR count). The first kappa shape index (κ1) is 9.10. The van der Waals surface area contributed by atoms with E-state index in [4.69, 9.17) is 16.3 Å². The lowest BCUT2D eigenvalue weighted by Gasteiger charge is -2.00. The lowest BCUT2D eigenvalue weighted by molar-refractivity contribution is 0.420. The van der Waals surface area contributed by atoms with E-state index in [2.05, 4.69) is 4.98 Å². The van der Waals surface area contributed by atoms with E-state index in [9.17, 15) is 0 Å². The zero-order valence-electron chi connectivity index (χ0n) is 8.51. The van der Waals surface area contributed by atoms with Crippen molar-refractivity contribution in [1.82, 2.24) is 4.98 Å². The molecule has 0 amide bonds. The van der Waals surface area contributed by atoms with Gasteiger partial charge < -0.3 is 9.72 Å². The number of aromatic nitrogens is 1. The lowest BCUT2D eigenvalue weighted by Crippen LogP contribution is -1.82. The highest BCUT2D eigenvalue weighted by atomic mass is 35.5. The Morgan fingerprint density at radius 1 is 1.40 bits per heavy atom. The van der Waals surface area contributed by atoms with Crippen LogP contribution in [0.5, 0.6) is 5.75 Å². The summed E-state index contributed by atoms with van der Waals surface area (Å²) in [6.45, 7) is 0. The van der Waals surface area contributed by atoms with Gasteiger partial charge in [-0.2, -0.15) is 0 Å². The fraction of sp³-hybridized carbons (Fsp3) is 0.333. The molecule has 0 saturated heterocycles. The van der Waals surface area contributed by atoms with Gasteiger partial charge in [-0.3, -0.25) is 0 Å². The average molecular weight is 222 g/mol. The quantitative estimate of drug-likeness (QED) is 0.822. The van der Waals surface area contributed by atoms with E-state index < -0.39 is 0 Å². The number of methoxy groups -OCH3 is 1. The second kappa shape index (κ2) is 3.17. The summed E-state index contributed by atoms with van der Waals surface area (Å²) in [4.78, 5) is 3.39. The summed E-state index contributed by atoms with van der Waals surface area (Å²) in [5.74, 6) is 1.48. The van der Waals surface area contributed by atoms with Gasteiger partial charge in [-0.05, 0) is 25.0 Å². The maximum Gasteiger partial charge on any atom is 0.129 e. The van der Waals surface area contributed by atoms with E-state index in [1.54, 1.807) is 7.11 Å². The van der Waals surface area contributed by atoms with Crippen LogP contribution in [-0.2, 0) is 0 Å². The van der Waals surface area contributed by atoms with Crippen molar-refractivity contribution in [1.29, 1.82) is 0 Å². The van der Waals surface area contributed by atoms with E-state index in [-0.39, 0.29) is 0 Å². The van der Waals surface area contributed by atoms with Crippen molar-refractivity contribution in [2.24, 2.45) is 0 Å². The van der Waals surface area contributed by atoms with Crippen LogP contribution in [0.15, 0.2) is 18.2 Å². The molecule has 1 heterocycles. The Bertz CT molecular complexity index is 514. The van der Waals surface area contributed by atoms with Crippen LogP contribution < -0.4 is 4.74 Å². The second-order valence-corrected chi connectivity index (χ2v) is 4.39. The van der Waals surface area contributed by atoms with E-state index in [1.807, 2.05) is 18.2 Å². The monoisotopic (exact) mass is 221 g/mol. The summed E-state index contributed by atoms with van der Waals surface area (Å²) in [7, 11) is 1.68. The number of hydrogen-bond acceptors (Lipinski definition) is 1. The summed E-state index contributed by atoms with van der Waals surface area (Å²) >= 11 is 6.36. The molecule has 2 aromatic rings. The number of benzene rings is 1. The average Bonchev–Trinajstić information content (AvgIpc) is 3.04. The van der Waals surface area contributed by atoms with E-state index in [1.165, 1.54) is 18.5 Å². The van der Waals surface area contributed by atoms with Gasteiger partial charge in [-0.1, -0.05) is 17.7 Å². The third kappa shape index (κ3) is 1.32. The van der Waals surface area contributed by atoms with E-state index >= 15 is 0 Å². The van der Waals surface area contributed by atoms with Crippen LogP contribution in [0.2, 0.25) is 5.02 Å². The van der Waals surface area contributed by atoms with Crippen molar-refractivity contribution < 1.29 is 4.74 Å². The highest BCUT2D eigenvalue weighted by molar-refractivity contribution is 6.37. The molecular weight excluding hydrogens is 210 g/mol. The van der Waals surface area contributed by atoms with Gasteiger partial charge in [-0.25, -0.2) is 0 Å². The zero-order valence-corrected chi connectivity index (χ0v) is 9.27. The maximum absolute atomic E-state index is 6.36.